The molecule has 2 aromatic rings. The lowest BCUT2D eigenvalue weighted by molar-refractivity contribution is 0.891. The highest BCUT2D eigenvalue weighted by molar-refractivity contribution is 7.13. The number of hydrogen-bond donors (Lipinski definition) is 1. The molecular formula is C9H10N4S2. The molecule has 0 saturated heterocycles. The maximum absolute atomic E-state index is 4.60. The zero-order valence-electron chi connectivity index (χ0n) is 8.06. The van der Waals surface area contributed by atoms with E-state index in [1.54, 1.807) is 5.51 Å². The van der Waals surface area contributed by atoms with Gasteiger partial charge in [0.05, 0.1) is 12.2 Å². The van der Waals surface area contributed by atoms with Crippen molar-refractivity contribution in [1.29, 1.82) is 0 Å². The van der Waals surface area contributed by atoms with Crippen LogP contribution in [0.1, 0.15) is 22.0 Å². The van der Waals surface area contributed by atoms with Gasteiger partial charge in [-0.2, -0.15) is 0 Å². The number of hydrogen-bond acceptors (Lipinski definition) is 6. The topological polar surface area (TPSA) is 50.7 Å². The average Bonchev–Trinajstić information content (AvgIpc) is 2.91. The minimum absolute atomic E-state index is 0.771. The smallest absolute Gasteiger partial charge is 0.205 e. The molecule has 0 radical (unpaired) electrons. The van der Waals surface area contributed by atoms with E-state index < -0.39 is 0 Å². The summed E-state index contributed by atoms with van der Waals surface area (Å²) in [5.41, 5.74) is 3.04. The van der Waals surface area contributed by atoms with Crippen LogP contribution in [0.4, 0.5) is 5.13 Å². The number of aryl methyl sites for hydroxylation is 2. The van der Waals surface area contributed by atoms with Gasteiger partial charge in [0.2, 0.25) is 5.13 Å². The Morgan fingerprint density at radius 3 is 3.20 bits per heavy atom. The fourth-order valence-corrected chi connectivity index (χ4v) is 3.26. The van der Waals surface area contributed by atoms with Crippen molar-refractivity contribution in [2.75, 3.05) is 5.32 Å². The first kappa shape index (κ1) is 9.23. The molecule has 4 nitrogen and oxygen atoms in total. The van der Waals surface area contributed by atoms with Crippen molar-refractivity contribution in [3.05, 3.63) is 21.1 Å². The van der Waals surface area contributed by atoms with Crippen LogP contribution in [0.5, 0.6) is 0 Å². The van der Waals surface area contributed by atoms with Crippen molar-refractivity contribution in [1.82, 2.24) is 15.2 Å². The molecular weight excluding hydrogens is 228 g/mol. The first-order chi connectivity index (χ1) is 7.42. The standard InChI is InChI=1S/C9H10N4S2/c1-2-6-7(3-1)15-8(12-6)4-10-9-13-11-5-14-9/h5H,1-4H2,(H,10,13). The Balaban J connectivity index is 1.67. The molecule has 2 aromatic heterocycles. The van der Waals surface area contributed by atoms with Gasteiger partial charge >= 0.3 is 0 Å². The third kappa shape index (κ3) is 1.87. The van der Waals surface area contributed by atoms with Gasteiger partial charge in [0.1, 0.15) is 10.5 Å². The highest BCUT2D eigenvalue weighted by Crippen LogP contribution is 2.27. The molecule has 3 rings (SSSR count). The van der Waals surface area contributed by atoms with Gasteiger partial charge in [0.25, 0.3) is 0 Å². The second-order valence-corrected chi connectivity index (χ2v) is 5.43. The molecule has 0 atom stereocenters. The molecule has 2 heterocycles. The first-order valence-electron chi connectivity index (χ1n) is 4.89. The van der Waals surface area contributed by atoms with Gasteiger partial charge in [-0.1, -0.05) is 11.3 Å². The van der Waals surface area contributed by atoms with E-state index >= 15 is 0 Å². The summed E-state index contributed by atoms with van der Waals surface area (Å²) in [5, 5.41) is 13.0. The highest BCUT2D eigenvalue weighted by atomic mass is 32.1. The van der Waals surface area contributed by atoms with Gasteiger partial charge in [-0.05, 0) is 19.3 Å². The Labute approximate surface area is 95.4 Å². The summed E-state index contributed by atoms with van der Waals surface area (Å²) < 4.78 is 0. The number of aromatic nitrogens is 3. The van der Waals surface area contributed by atoms with E-state index in [0.29, 0.717) is 0 Å². The fraction of sp³-hybridized carbons (Fsp3) is 0.444. The summed E-state index contributed by atoms with van der Waals surface area (Å²) in [6.45, 7) is 0.771. The normalized spacial score (nSPS) is 14.1. The number of fused-ring (bicyclic) bond motifs is 1. The van der Waals surface area contributed by atoms with Gasteiger partial charge in [0, 0.05) is 4.88 Å². The van der Waals surface area contributed by atoms with Crippen LogP contribution in [0.15, 0.2) is 5.51 Å². The predicted molar refractivity (Wildman–Crippen MR) is 61.4 cm³/mol. The molecule has 0 saturated carbocycles. The number of thiazole rings is 1. The lowest BCUT2D eigenvalue weighted by Gasteiger charge is -1.97. The third-order valence-electron chi connectivity index (χ3n) is 2.39. The summed E-state index contributed by atoms with van der Waals surface area (Å²) in [7, 11) is 0. The molecule has 0 spiro atoms. The molecule has 0 amide bonds. The molecule has 1 aliphatic rings. The Morgan fingerprint density at radius 1 is 1.40 bits per heavy atom. The van der Waals surface area contributed by atoms with Crippen LogP contribution in [0, 0.1) is 0 Å². The number of nitrogens with one attached hydrogen (secondary N) is 1. The van der Waals surface area contributed by atoms with Crippen molar-refractivity contribution in [2.24, 2.45) is 0 Å². The summed E-state index contributed by atoms with van der Waals surface area (Å²) in [6, 6.07) is 0. The van der Waals surface area contributed by atoms with Gasteiger partial charge in [0.15, 0.2) is 0 Å². The van der Waals surface area contributed by atoms with E-state index in [1.807, 2.05) is 11.3 Å². The minimum Gasteiger partial charge on any atom is -0.354 e. The van der Waals surface area contributed by atoms with Crippen molar-refractivity contribution in [3.63, 3.8) is 0 Å². The van der Waals surface area contributed by atoms with Gasteiger partial charge < -0.3 is 5.32 Å². The van der Waals surface area contributed by atoms with Crippen LogP contribution in [0.25, 0.3) is 0 Å². The average molecular weight is 238 g/mol. The molecule has 0 fully saturated rings. The SMILES string of the molecule is c1nnc(NCc2nc3c(s2)CCC3)s1. The van der Waals surface area contributed by atoms with Crippen molar-refractivity contribution < 1.29 is 0 Å². The maximum atomic E-state index is 4.60. The predicted octanol–water partition coefficient (Wildman–Crippen LogP) is 2.10. The van der Waals surface area contributed by atoms with Crippen LogP contribution < -0.4 is 5.32 Å². The molecule has 1 N–H and O–H groups in total. The molecule has 1 aliphatic carbocycles. The minimum atomic E-state index is 0.771. The summed E-state index contributed by atoms with van der Waals surface area (Å²) in [5.74, 6) is 0. The lowest BCUT2D eigenvalue weighted by Crippen LogP contribution is -1.98. The van der Waals surface area contributed by atoms with Crippen LogP contribution in [0.3, 0.4) is 0 Å². The van der Waals surface area contributed by atoms with E-state index in [2.05, 4.69) is 20.5 Å². The van der Waals surface area contributed by atoms with Gasteiger partial charge in [-0.3, -0.25) is 0 Å². The van der Waals surface area contributed by atoms with Crippen molar-refractivity contribution in [2.45, 2.75) is 25.8 Å². The zero-order valence-corrected chi connectivity index (χ0v) is 9.70. The quantitative estimate of drug-likeness (QED) is 0.889. The van der Waals surface area contributed by atoms with E-state index in [4.69, 9.17) is 0 Å². The first-order valence-corrected chi connectivity index (χ1v) is 6.59. The monoisotopic (exact) mass is 238 g/mol. The summed E-state index contributed by atoms with van der Waals surface area (Å²) in [6.07, 6.45) is 3.65. The van der Waals surface area contributed by atoms with E-state index in [0.717, 1.165) is 23.1 Å². The number of nitrogens with zero attached hydrogens (tertiary/aromatic N) is 3. The van der Waals surface area contributed by atoms with Crippen LogP contribution in [-0.2, 0) is 19.4 Å². The second-order valence-electron chi connectivity index (χ2n) is 3.43. The van der Waals surface area contributed by atoms with E-state index in [-0.39, 0.29) is 0 Å². The molecule has 0 aromatic carbocycles. The van der Waals surface area contributed by atoms with Crippen molar-refractivity contribution >= 4 is 27.8 Å². The Hall–Kier alpha value is -1.01. The molecule has 78 valence electrons. The Morgan fingerprint density at radius 2 is 2.40 bits per heavy atom. The van der Waals surface area contributed by atoms with E-state index in [1.165, 1.54) is 34.7 Å². The fourth-order valence-electron chi connectivity index (χ4n) is 1.72. The maximum Gasteiger partial charge on any atom is 0.205 e. The Bertz CT molecular complexity index is 427. The van der Waals surface area contributed by atoms with Crippen LogP contribution in [0.2, 0.25) is 0 Å². The third-order valence-corrected chi connectivity index (χ3v) is 4.20. The molecule has 15 heavy (non-hydrogen) atoms. The van der Waals surface area contributed by atoms with E-state index in [9.17, 15) is 0 Å². The number of anilines is 1. The van der Waals surface area contributed by atoms with Crippen LogP contribution >= 0.6 is 22.7 Å². The van der Waals surface area contributed by atoms with Crippen LogP contribution in [-0.4, -0.2) is 15.2 Å². The molecule has 6 heteroatoms. The summed E-state index contributed by atoms with van der Waals surface area (Å²) >= 11 is 3.34. The van der Waals surface area contributed by atoms with Gasteiger partial charge in [-0.15, -0.1) is 21.5 Å². The molecule has 0 aliphatic heterocycles. The lowest BCUT2D eigenvalue weighted by atomic mass is 10.4. The van der Waals surface area contributed by atoms with Crippen molar-refractivity contribution in [3.8, 4) is 0 Å². The number of rotatable bonds is 3. The highest BCUT2D eigenvalue weighted by Gasteiger charge is 2.16. The Kier molecular flexibility index (Phi) is 2.38. The molecule has 0 unspecified atom stereocenters. The summed E-state index contributed by atoms with van der Waals surface area (Å²) in [4.78, 5) is 6.08. The second kappa shape index (κ2) is 3.86. The van der Waals surface area contributed by atoms with Gasteiger partial charge in [-0.25, -0.2) is 4.98 Å². The zero-order chi connectivity index (χ0) is 10.1. The molecule has 0 bridgehead atoms. The largest absolute Gasteiger partial charge is 0.354 e.